The number of fused-ring (bicyclic) bond motifs is 2. The molecule has 0 radical (unpaired) electrons. The molecule has 0 spiro atoms. The van der Waals surface area contributed by atoms with Crippen LogP contribution < -0.4 is 10.3 Å². The molecule has 0 aliphatic carbocycles. The van der Waals surface area contributed by atoms with Crippen LogP contribution in [0.3, 0.4) is 0 Å². The molecule has 1 aliphatic heterocycles. The lowest BCUT2D eigenvalue weighted by Gasteiger charge is -2.39. The molecule has 224 valence electrons. The maximum Gasteiger partial charge on any atom is 0.411 e. The van der Waals surface area contributed by atoms with E-state index in [1.807, 2.05) is 13.8 Å². The zero-order valence-corrected chi connectivity index (χ0v) is 24.8. The molecule has 5 rings (SSSR count). The first-order valence-electron chi connectivity index (χ1n) is 13.3. The Morgan fingerprint density at radius 1 is 1.12 bits per heavy atom. The number of pyridine rings is 1. The molecule has 42 heavy (non-hydrogen) atoms. The fourth-order valence-corrected chi connectivity index (χ4v) is 6.04. The van der Waals surface area contributed by atoms with Crippen LogP contribution in [0.4, 0.5) is 18.0 Å². The number of aromatic amines is 1. The minimum atomic E-state index is -1.01. The Hall–Kier alpha value is -3.84. The summed E-state index contributed by atoms with van der Waals surface area (Å²) in [5.41, 5.74) is -0.695. The summed E-state index contributed by atoms with van der Waals surface area (Å²) in [6.07, 6.45) is -0.487. The first kappa shape index (κ1) is 29.6. The summed E-state index contributed by atoms with van der Waals surface area (Å²) < 4.78 is 63.4. The van der Waals surface area contributed by atoms with Crippen molar-refractivity contribution in [3.05, 3.63) is 57.1 Å². The Morgan fingerprint density at radius 2 is 1.86 bits per heavy atom. The van der Waals surface area contributed by atoms with Crippen molar-refractivity contribution < 1.29 is 32.2 Å². The Labute approximate surface area is 243 Å². The highest BCUT2D eigenvalue weighted by atomic mass is 32.1. The first-order chi connectivity index (χ1) is 19.8. The number of H-pyrrole nitrogens is 1. The summed E-state index contributed by atoms with van der Waals surface area (Å²) in [5, 5.41) is 5.70. The Morgan fingerprint density at radius 3 is 2.55 bits per heavy atom. The van der Waals surface area contributed by atoms with Crippen LogP contribution in [-0.2, 0) is 16.0 Å². The maximum absolute atomic E-state index is 15.6. The van der Waals surface area contributed by atoms with Crippen LogP contribution in [0.5, 0.6) is 5.75 Å². The molecule has 0 unspecified atom stereocenters. The van der Waals surface area contributed by atoms with Gasteiger partial charge in [0.15, 0.2) is 0 Å². The predicted molar refractivity (Wildman–Crippen MR) is 152 cm³/mol. The van der Waals surface area contributed by atoms with Gasteiger partial charge < -0.3 is 19.2 Å². The molecule has 4 aromatic rings. The van der Waals surface area contributed by atoms with Gasteiger partial charge >= 0.3 is 6.09 Å². The molecule has 1 N–H and O–H groups in total. The number of nitrogens with one attached hydrogen (secondary N) is 1. The number of ether oxygens (including phenoxy) is 3. The van der Waals surface area contributed by atoms with Crippen molar-refractivity contribution in [2.75, 3.05) is 20.3 Å². The first-order valence-corrected chi connectivity index (χ1v) is 14.2. The average molecular weight is 605 g/mol. The van der Waals surface area contributed by atoms with Gasteiger partial charge in [0.2, 0.25) is 0 Å². The van der Waals surface area contributed by atoms with Crippen LogP contribution in [0.1, 0.15) is 46.4 Å². The fourth-order valence-electron chi connectivity index (χ4n) is 5.23. The minimum Gasteiger partial charge on any atom is -0.490 e. The van der Waals surface area contributed by atoms with Crippen molar-refractivity contribution >= 4 is 27.5 Å². The molecular weight excluding hydrogens is 573 g/mol. The third kappa shape index (κ3) is 5.38. The maximum atomic E-state index is 15.6. The van der Waals surface area contributed by atoms with E-state index in [-0.39, 0.29) is 57.6 Å². The summed E-state index contributed by atoms with van der Waals surface area (Å²) in [7, 11) is 1.45. The summed E-state index contributed by atoms with van der Waals surface area (Å²) in [6, 6.07) is 2.56. The molecule has 0 fully saturated rings. The van der Waals surface area contributed by atoms with Crippen molar-refractivity contribution in [1.29, 1.82) is 0 Å². The number of carbonyl (C=O) groups is 1. The van der Waals surface area contributed by atoms with Crippen LogP contribution in [0.2, 0.25) is 0 Å². The highest BCUT2D eigenvalue weighted by molar-refractivity contribution is 7.17. The number of amides is 1. The van der Waals surface area contributed by atoms with E-state index in [1.54, 1.807) is 36.4 Å². The molecule has 0 saturated carbocycles. The highest BCUT2D eigenvalue weighted by Crippen LogP contribution is 2.44. The summed E-state index contributed by atoms with van der Waals surface area (Å²) in [4.78, 5) is 30.5. The number of carbonyl (C=O) groups excluding carboxylic acids is 1. The van der Waals surface area contributed by atoms with Gasteiger partial charge in [-0.05, 0) is 40.7 Å². The lowest BCUT2D eigenvalue weighted by molar-refractivity contribution is -0.000304. The van der Waals surface area contributed by atoms with E-state index >= 15 is 8.78 Å². The van der Waals surface area contributed by atoms with E-state index in [0.717, 1.165) is 22.8 Å². The van der Waals surface area contributed by atoms with E-state index in [4.69, 9.17) is 14.2 Å². The van der Waals surface area contributed by atoms with E-state index in [0.29, 0.717) is 18.3 Å². The van der Waals surface area contributed by atoms with Gasteiger partial charge in [0.1, 0.15) is 45.8 Å². The van der Waals surface area contributed by atoms with Gasteiger partial charge in [0.05, 0.1) is 42.2 Å². The largest absolute Gasteiger partial charge is 0.490 e. The molecule has 1 amide bonds. The van der Waals surface area contributed by atoms with Gasteiger partial charge in [-0.3, -0.25) is 14.4 Å². The molecule has 1 aromatic carbocycles. The summed E-state index contributed by atoms with van der Waals surface area (Å²) >= 11 is 0.866. The standard InChI is InChI=1S/C29H31F3N4O5S/c1-14-12-35-20(15(2)36(14)28(38)41-29(3,4)5)11-19(34-35)25-24(23-18(32)13-42-26(23)27(37)33-25)22-17(31)9-16(30)10-21(22)40-8-7-39-6/h9-11,13-15H,7-8,12H2,1-6H3,(H,33,37)/t14-,15+/m1/s1. The topological polar surface area (TPSA) is 98.7 Å². The molecule has 9 nitrogen and oxygen atoms in total. The van der Waals surface area contributed by atoms with Gasteiger partial charge in [-0.2, -0.15) is 5.10 Å². The van der Waals surface area contributed by atoms with Crippen LogP contribution in [0, 0.1) is 17.5 Å². The van der Waals surface area contributed by atoms with E-state index < -0.39 is 40.7 Å². The van der Waals surface area contributed by atoms with E-state index in [1.165, 1.54) is 7.11 Å². The van der Waals surface area contributed by atoms with Crippen LogP contribution >= 0.6 is 11.3 Å². The van der Waals surface area contributed by atoms with Gasteiger partial charge in [-0.1, -0.05) is 0 Å². The lowest BCUT2D eigenvalue weighted by Crippen LogP contribution is -2.48. The van der Waals surface area contributed by atoms with Gasteiger partial charge in [0, 0.05) is 35.6 Å². The zero-order valence-electron chi connectivity index (χ0n) is 24.0. The zero-order chi connectivity index (χ0) is 30.5. The average Bonchev–Trinajstić information content (AvgIpc) is 3.48. The Kier molecular flexibility index (Phi) is 7.84. The van der Waals surface area contributed by atoms with Crippen molar-refractivity contribution in [3.63, 3.8) is 0 Å². The molecule has 3 aromatic heterocycles. The lowest BCUT2D eigenvalue weighted by atomic mass is 9.96. The van der Waals surface area contributed by atoms with Crippen molar-refractivity contribution in [2.24, 2.45) is 0 Å². The quantitative estimate of drug-likeness (QED) is 0.261. The number of aromatic nitrogens is 3. The highest BCUT2D eigenvalue weighted by Gasteiger charge is 2.37. The summed E-state index contributed by atoms with van der Waals surface area (Å²) in [6.45, 7) is 9.45. The fraction of sp³-hybridized carbons (Fsp3) is 0.414. The summed E-state index contributed by atoms with van der Waals surface area (Å²) in [5.74, 6) is -2.83. The molecule has 1 aliphatic rings. The van der Waals surface area contributed by atoms with Gasteiger partial charge in [-0.15, -0.1) is 11.3 Å². The van der Waals surface area contributed by atoms with E-state index in [2.05, 4.69) is 10.1 Å². The van der Waals surface area contributed by atoms with Gasteiger partial charge in [-0.25, -0.2) is 18.0 Å². The van der Waals surface area contributed by atoms with Crippen molar-refractivity contribution in [1.82, 2.24) is 19.7 Å². The molecule has 4 heterocycles. The number of benzene rings is 1. The minimum absolute atomic E-state index is 0.0254. The SMILES string of the molecule is COCCOc1cc(F)cc(F)c1-c1c(-c2cc3n(n2)C[C@@H](C)N(C(=O)OC(C)(C)C)[C@H]3C)[nH]c(=O)c2scc(F)c12. The molecule has 13 heteroatoms. The second-order valence-corrected chi connectivity index (χ2v) is 12.0. The number of rotatable bonds is 6. The third-order valence-corrected chi connectivity index (χ3v) is 7.88. The number of methoxy groups -OCH3 is 1. The predicted octanol–water partition coefficient (Wildman–Crippen LogP) is 6.26. The Bertz CT molecular complexity index is 1720. The van der Waals surface area contributed by atoms with E-state index in [9.17, 15) is 14.0 Å². The smallest absolute Gasteiger partial charge is 0.411 e. The normalized spacial score (nSPS) is 17.0. The number of thiophene rings is 1. The van der Waals surface area contributed by atoms with Crippen LogP contribution in [0.25, 0.3) is 32.6 Å². The van der Waals surface area contributed by atoms with Crippen LogP contribution in [-0.4, -0.2) is 57.7 Å². The van der Waals surface area contributed by atoms with Crippen molar-refractivity contribution in [2.45, 2.75) is 58.8 Å². The Balaban J connectivity index is 1.71. The second-order valence-electron chi connectivity index (χ2n) is 11.1. The second kappa shape index (κ2) is 11.1. The van der Waals surface area contributed by atoms with Crippen molar-refractivity contribution in [3.8, 4) is 28.3 Å². The third-order valence-electron chi connectivity index (χ3n) is 6.93. The van der Waals surface area contributed by atoms with Crippen LogP contribution in [0.15, 0.2) is 28.4 Å². The molecule has 0 bridgehead atoms. The molecular formula is C29H31F3N4O5S. The molecule has 2 atom stereocenters. The van der Waals surface area contributed by atoms with Gasteiger partial charge in [0.25, 0.3) is 5.56 Å². The molecule has 0 saturated heterocycles. The number of nitrogens with zero attached hydrogens (tertiary/aromatic N) is 3. The number of halogens is 3. The monoisotopic (exact) mass is 604 g/mol. The number of hydrogen-bond donors (Lipinski definition) is 1. The number of hydrogen-bond acceptors (Lipinski definition) is 7.